The highest BCUT2D eigenvalue weighted by molar-refractivity contribution is 9.10. The molecule has 0 aliphatic heterocycles. The summed E-state index contributed by atoms with van der Waals surface area (Å²) in [5, 5.41) is 7.81. The summed E-state index contributed by atoms with van der Waals surface area (Å²) in [4.78, 5) is 12.5. The maximum atomic E-state index is 10.6. The first-order chi connectivity index (χ1) is 7.49. The maximum absolute atomic E-state index is 10.6. The van der Waals surface area contributed by atoms with Crippen molar-refractivity contribution in [3.63, 3.8) is 0 Å². The third-order valence-electron chi connectivity index (χ3n) is 2.11. The number of benzene rings is 1. The molecule has 16 heavy (non-hydrogen) atoms. The summed E-state index contributed by atoms with van der Waals surface area (Å²) in [6, 6.07) is 7.90. The number of alkyl halides is 1. The Hall–Kier alpha value is -0.580. The Balaban J connectivity index is 2.48. The number of carbonyl (C=O) groups is 1. The van der Waals surface area contributed by atoms with Gasteiger partial charge in [0.15, 0.2) is 0 Å². The SMILES string of the molecule is CN(Cc1ccc(Br)cc1)CC(Cl)C(=O)O. The minimum atomic E-state index is -0.982. The number of rotatable bonds is 5. The average Bonchev–Trinajstić information content (AvgIpc) is 2.21. The fourth-order valence-electron chi connectivity index (χ4n) is 1.32. The van der Waals surface area contributed by atoms with Crippen LogP contribution in [-0.4, -0.2) is 34.9 Å². The summed E-state index contributed by atoms with van der Waals surface area (Å²) in [5.74, 6) is -0.982. The lowest BCUT2D eigenvalue weighted by molar-refractivity contribution is -0.136. The van der Waals surface area contributed by atoms with Gasteiger partial charge in [0.05, 0.1) is 0 Å². The molecule has 0 fully saturated rings. The van der Waals surface area contributed by atoms with Crippen LogP contribution in [0.5, 0.6) is 0 Å². The molecule has 0 saturated heterocycles. The second kappa shape index (κ2) is 6.23. The van der Waals surface area contributed by atoms with Crippen LogP contribution in [-0.2, 0) is 11.3 Å². The quantitative estimate of drug-likeness (QED) is 0.850. The van der Waals surface area contributed by atoms with Crippen LogP contribution in [0.25, 0.3) is 0 Å². The van der Waals surface area contributed by atoms with Gasteiger partial charge in [-0.25, -0.2) is 0 Å². The van der Waals surface area contributed by atoms with Crippen LogP contribution in [0.2, 0.25) is 0 Å². The predicted molar refractivity (Wildman–Crippen MR) is 67.8 cm³/mol. The van der Waals surface area contributed by atoms with Crippen molar-refractivity contribution in [2.24, 2.45) is 0 Å². The number of hydrogen-bond acceptors (Lipinski definition) is 2. The van der Waals surface area contributed by atoms with E-state index in [1.807, 2.05) is 36.2 Å². The van der Waals surface area contributed by atoms with Crippen LogP contribution in [0.3, 0.4) is 0 Å². The zero-order valence-corrected chi connectivity index (χ0v) is 11.2. The minimum Gasteiger partial charge on any atom is -0.480 e. The van der Waals surface area contributed by atoms with E-state index in [-0.39, 0.29) is 0 Å². The average molecular weight is 307 g/mol. The smallest absolute Gasteiger partial charge is 0.322 e. The van der Waals surface area contributed by atoms with Crippen molar-refractivity contribution in [1.29, 1.82) is 0 Å². The Labute approximate surface area is 108 Å². The molecule has 3 nitrogen and oxygen atoms in total. The van der Waals surface area contributed by atoms with Crippen LogP contribution in [0.15, 0.2) is 28.7 Å². The van der Waals surface area contributed by atoms with E-state index in [1.54, 1.807) is 0 Å². The molecule has 0 aromatic heterocycles. The van der Waals surface area contributed by atoms with E-state index in [0.717, 1.165) is 10.0 Å². The number of carboxylic acid groups (broad SMARTS) is 1. The summed E-state index contributed by atoms with van der Waals surface area (Å²) in [7, 11) is 1.85. The third-order valence-corrected chi connectivity index (χ3v) is 2.96. The lowest BCUT2D eigenvalue weighted by Crippen LogP contribution is -2.30. The van der Waals surface area contributed by atoms with Gasteiger partial charge >= 0.3 is 5.97 Å². The Kier molecular flexibility index (Phi) is 5.25. The van der Waals surface area contributed by atoms with Crippen LogP contribution in [0, 0.1) is 0 Å². The van der Waals surface area contributed by atoms with E-state index in [2.05, 4.69) is 15.9 Å². The molecule has 1 rings (SSSR count). The normalized spacial score (nSPS) is 12.8. The second-order valence-corrected chi connectivity index (χ2v) is 5.07. The number of hydrogen-bond donors (Lipinski definition) is 1. The molecule has 1 aromatic rings. The van der Waals surface area contributed by atoms with Crippen molar-refractivity contribution >= 4 is 33.5 Å². The molecule has 1 unspecified atom stereocenters. The first-order valence-corrected chi connectivity index (χ1v) is 6.02. The zero-order valence-electron chi connectivity index (χ0n) is 8.86. The van der Waals surface area contributed by atoms with Crippen molar-refractivity contribution < 1.29 is 9.90 Å². The highest BCUT2D eigenvalue weighted by atomic mass is 79.9. The van der Waals surface area contributed by atoms with Crippen LogP contribution < -0.4 is 0 Å². The zero-order chi connectivity index (χ0) is 12.1. The topological polar surface area (TPSA) is 40.5 Å². The molecule has 88 valence electrons. The van der Waals surface area contributed by atoms with Gasteiger partial charge in [-0.05, 0) is 24.7 Å². The molecule has 0 amide bonds. The predicted octanol–water partition coefficient (Wildman–Crippen LogP) is 2.57. The fourth-order valence-corrected chi connectivity index (χ4v) is 1.82. The van der Waals surface area contributed by atoms with Crippen molar-refractivity contribution in [2.75, 3.05) is 13.6 Å². The first-order valence-electron chi connectivity index (χ1n) is 4.79. The first kappa shape index (κ1) is 13.5. The van der Waals surface area contributed by atoms with Gasteiger partial charge in [-0.15, -0.1) is 11.6 Å². The molecular weight excluding hydrogens is 293 g/mol. The van der Waals surface area contributed by atoms with Crippen LogP contribution in [0.4, 0.5) is 0 Å². The van der Waals surface area contributed by atoms with E-state index < -0.39 is 11.3 Å². The van der Waals surface area contributed by atoms with Crippen LogP contribution in [0.1, 0.15) is 5.56 Å². The Morgan fingerprint density at radius 3 is 2.56 bits per heavy atom. The molecule has 0 radical (unpaired) electrons. The lowest BCUT2D eigenvalue weighted by Gasteiger charge is -2.17. The summed E-state index contributed by atoms with van der Waals surface area (Å²) in [6.07, 6.45) is 0. The molecule has 0 aliphatic rings. The molecule has 5 heteroatoms. The van der Waals surface area contributed by atoms with E-state index in [1.165, 1.54) is 0 Å². The summed E-state index contributed by atoms with van der Waals surface area (Å²) < 4.78 is 1.03. The van der Waals surface area contributed by atoms with Crippen molar-refractivity contribution in [2.45, 2.75) is 11.9 Å². The van der Waals surface area contributed by atoms with Crippen LogP contribution >= 0.6 is 27.5 Å². The highest BCUT2D eigenvalue weighted by Crippen LogP contribution is 2.12. The monoisotopic (exact) mass is 305 g/mol. The van der Waals surface area contributed by atoms with Crippen molar-refractivity contribution in [1.82, 2.24) is 4.90 Å². The Bertz CT molecular complexity index is 356. The molecule has 0 saturated carbocycles. The molecule has 0 bridgehead atoms. The lowest BCUT2D eigenvalue weighted by atomic mass is 10.2. The van der Waals surface area contributed by atoms with Gasteiger partial charge in [0.25, 0.3) is 0 Å². The minimum absolute atomic E-state index is 0.326. The van der Waals surface area contributed by atoms with Gasteiger partial charge in [-0.2, -0.15) is 0 Å². The number of carboxylic acids is 1. The third kappa shape index (κ3) is 4.51. The van der Waals surface area contributed by atoms with Gasteiger partial charge in [0, 0.05) is 17.6 Å². The Morgan fingerprint density at radius 1 is 1.50 bits per heavy atom. The van der Waals surface area contributed by atoms with Gasteiger partial charge in [-0.3, -0.25) is 4.79 Å². The van der Waals surface area contributed by atoms with Gasteiger partial charge in [0.2, 0.25) is 0 Å². The molecule has 0 aliphatic carbocycles. The van der Waals surface area contributed by atoms with Gasteiger partial charge < -0.3 is 10.0 Å². The fraction of sp³-hybridized carbons (Fsp3) is 0.364. The van der Waals surface area contributed by atoms with Gasteiger partial charge in [-0.1, -0.05) is 28.1 Å². The van der Waals surface area contributed by atoms with E-state index in [9.17, 15) is 4.79 Å². The Morgan fingerprint density at radius 2 is 2.06 bits per heavy atom. The largest absolute Gasteiger partial charge is 0.480 e. The maximum Gasteiger partial charge on any atom is 0.322 e. The van der Waals surface area contributed by atoms with E-state index in [0.29, 0.717) is 13.1 Å². The molecule has 1 atom stereocenters. The molecule has 1 aromatic carbocycles. The highest BCUT2D eigenvalue weighted by Gasteiger charge is 2.15. The summed E-state index contributed by atoms with van der Waals surface area (Å²) >= 11 is 9.01. The van der Waals surface area contributed by atoms with Gasteiger partial charge in [0.1, 0.15) is 5.38 Å². The molecular formula is C11H13BrClNO2. The second-order valence-electron chi connectivity index (χ2n) is 3.63. The molecule has 0 heterocycles. The number of halogens is 2. The molecule has 0 spiro atoms. The summed E-state index contributed by atoms with van der Waals surface area (Å²) in [6.45, 7) is 1.01. The number of aliphatic carboxylic acids is 1. The molecule has 1 N–H and O–H groups in total. The van der Waals surface area contributed by atoms with E-state index >= 15 is 0 Å². The van der Waals surface area contributed by atoms with Crippen molar-refractivity contribution in [3.05, 3.63) is 34.3 Å². The van der Waals surface area contributed by atoms with Crippen molar-refractivity contribution in [3.8, 4) is 0 Å². The van der Waals surface area contributed by atoms with E-state index in [4.69, 9.17) is 16.7 Å². The number of nitrogens with zero attached hydrogens (tertiary/aromatic N) is 1. The standard InChI is InChI=1S/C11H13BrClNO2/c1-14(7-10(13)11(15)16)6-8-2-4-9(12)5-3-8/h2-5,10H,6-7H2,1H3,(H,15,16). The summed E-state index contributed by atoms with van der Waals surface area (Å²) in [5.41, 5.74) is 1.12.